The Morgan fingerprint density at radius 3 is 2.77 bits per heavy atom. The van der Waals surface area contributed by atoms with Crippen LogP contribution in [-0.2, 0) is 13.7 Å². The van der Waals surface area contributed by atoms with E-state index >= 15 is 0 Å². The van der Waals surface area contributed by atoms with Crippen LogP contribution in [0.4, 0.5) is 5.69 Å². The molecule has 0 spiro atoms. The summed E-state index contributed by atoms with van der Waals surface area (Å²) in [5.74, 6) is 1.35. The third kappa shape index (κ3) is 3.14. The third-order valence-corrected chi connectivity index (χ3v) is 4.07. The Balaban J connectivity index is 1.42. The van der Waals surface area contributed by atoms with Crippen LogP contribution in [0, 0.1) is 0 Å². The molecule has 0 bridgehead atoms. The molecule has 0 saturated carbocycles. The zero-order chi connectivity index (χ0) is 17.9. The van der Waals surface area contributed by atoms with Gasteiger partial charge < -0.3 is 14.6 Å². The lowest BCUT2D eigenvalue weighted by molar-refractivity contribution is 0.102. The lowest BCUT2D eigenvalue weighted by Gasteiger charge is -2.08. The molecule has 4 aromatic rings. The van der Waals surface area contributed by atoms with Gasteiger partial charge in [0.15, 0.2) is 0 Å². The van der Waals surface area contributed by atoms with E-state index < -0.39 is 0 Å². The molecule has 0 aliphatic rings. The van der Waals surface area contributed by atoms with E-state index in [4.69, 9.17) is 4.74 Å². The van der Waals surface area contributed by atoms with Crippen molar-refractivity contribution >= 4 is 17.1 Å². The SMILES string of the molecule is Cn1ccnc1COc1ccc(NC(=O)c2cnn3ccccc23)cc1. The largest absolute Gasteiger partial charge is 0.486 e. The fourth-order valence-electron chi connectivity index (χ4n) is 2.63. The predicted octanol–water partition coefficient (Wildman–Crippen LogP) is 2.90. The zero-order valence-electron chi connectivity index (χ0n) is 14.2. The number of carbonyl (C=O) groups is 1. The second-order valence-corrected chi connectivity index (χ2v) is 5.81. The van der Waals surface area contributed by atoms with Crippen LogP contribution in [0.1, 0.15) is 16.2 Å². The van der Waals surface area contributed by atoms with Gasteiger partial charge in [-0.2, -0.15) is 5.10 Å². The minimum atomic E-state index is -0.201. The summed E-state index contributed by atoms with van der Waals surface area (Å²) in [7, 11) is 1.92. The number of nitrogens with zero attached hydrogens (tertiary/aromatic N) is 4. The van der Waals surface area contributed by atoms with E-state index in [9.17, 15) is 4.79 Å². The molecule has 3 heterocycles. The number of hydrogen-bond donors (Lipinski definition) is 1. The third-order valence-electron chi connectivity index (χ3n) is 4.07. The fourth-order valence-corrected chi connectivity index (χ4v) is 2.63. The van der Waals surface area contributed by atoms with Crippen molar-refractivity contribution in [2.75, 3.05) is 5.32 Å². The molecule has 3 aromatic heterocycles. The van der Waals surface area contributed by atoms with Crippen molar-refractivity contribution in [3.63, 3.8) is 0 Å². The molecule has 7 nitrogen and oxygen atoms in total. The summed E-state index contributed by atoms with van der Waals surface area (Å²) < 4.78 is 9.29. The van der Waals surface area contributed by atoms with Crippen molar-refractivity contribution in [3.8, 4) is 5.75 Å². The fraction of sp³-hybridized carbons (Fsp3) is 0.105. The number of pyridine rings is 1. The molecule has 1 aromatic carbocycles. The molecule has 1 amide bonds. The molecule has 26 heavy (non-hydrogen) atoms. The molecule has 1 N–H and O–H groups in total. The molecular formula is C19H17N5O2. The lowest BCUT2D eigenvalue weighted by Crippen LogP contribution is -2.11. The minimum absolute atomic E-state index is 0.201. The van der Waals surface area contributed by atoms with E-state index in [2.05, 4.69) is 15.4 Å². The molecule has 130 valence electrons. The predicted molar refractivity (Wildman–Crippen MR) is 97.1 cm³/mol. The van der Waals surface area contributed by atoms with Crippen LogP contribution < -0.4 is 10.1 Å². The summed E-state index contributed by atoms with van der Waals surface area (Å²) in [6, 6.07) is 12.8. The van der Waals surface area contributed by atoms with Crippen LogP contribution in [0.2, 0.25) is 0 Å². The number of aryl methyl sites for hydroxylation is 1. The topological polar surface area (TPSA) is 73.4 Å². The molecule has 0 aliphatic heterocycles. The summed E-state index contributed by atoms with van der Waals surface area (Å²) in [6.07, 6.45) is 6.98. The number of hydrogen-bond acceptors (Lipinski definition) is 4. The van der Waals surface area contributed by atoms with Gasteiger partial charge in [-0.1, -0.05) is 6.07 Å². The number of aromatic nitrogens is 4. The van der Waals surface area contributed by atoms with Gasteiger partial charge in [0.25, 0.3) is 5.91 Å². The number of fused-ring (bicyclic) bond motifs is 1. The number of anilines is 1. The summed E-state index contributed by atoms with van der Waals surface area (Å²) >= 11 is 0. The molecule has 0 radical (unpaired) electrons. The number of imidazole rings is 1. The van der Waals surface area contributed by atoms with Crippen molar-refractivity contribution in [2.45, 2.75) is 6.61 Å². The molecule has 0 aliphatic carbocycles. The van der Waals surface area contributed by atoms with Crippen LogP contribution in [-0.4, -0.2) is 25.1 Å². The van der Waals surface area contributed by atoms with Gasteiger partial charge >= 0.3 is 0 Å². The Hall–Kier alpha value is -3.61. The molecule has 7 heteroatoms. The highest BCUT2D eigenvalue weighted by atomic mass is 16.5. The molecular weight excluding hydrogens is 330 g/mol. The Bertz CT molecular complexity index is 1050. The number of nitrogens with one attached hydrogen (secondary N) is 1. The Labute approximate surface area is 149 Å². The number of ether oxygens (including phenoxy) is 1. The van der Waals surface area contributed by atoms with Crippen LogP contribution in [0.15, 0.2) is 67.3 Å². The maximum atomic E-state index is 12.5. The maximum absolute atomic E-state index is 12.5. The highest BCUT2D eigenvalue weighted by molar-refractivity contribution is 6.08. The highest BCUT2D eigenvalue weighted by Gasteiger charge is 2.12. The van der Waals surface area contributed by atoms with Gasteiger partial charge in [0, 0.05) is 31.3 Å². The summed E-state index contributed by atoms with van der Waals surface area (Å²) in [6.45, 7) is 0.387. The molecule has 0 unspecified atom stereocenters. The second-order valence-electron chi connectivity index (χ2n) is 5.81. The standard InChI is InChI=1S/C19H17N5O2/c1-23-11-9-20-18(23)13-26-15-7-5-14(6-8-15)22-19(25)16-12-21-24-10-3-2-4-17(16)24/h2-12H,13H2,1H3,(H,22,25). The van der Waals surface area contributed by atoms with Crippen LogP contribution in [0.5, 0.6) is 5.75 Å². The number of rotatable bonds is 5. The van der Waals surface area contributed by atoms with Crippen LogP contribution >= 0.6 is 0 Å². The summed E-state index contributed by atoms with van der Waals surface area (Å²) in [4.78, 5) is 16.7. The second kappa shape index (κ2) is 6.72. The highest BCUT2D eigenvalue weighted by Crippen LogP contribution is 2.18. The molecule has 0 atom stereocenters. The van der Waals surface area contributed by atoms with Crippen molar-refractivity contribution in [3.05, 3.63) is 78.6 Å². The number of carbonyl (C=O) groups excluding carboxylic acids is 1. The molecule has 0 fully saturated rings. The smallest absolute Gasteiger partial charge is 0.259 e. The molecule has 4 rings (SSSR count). The van der Waals surface area contributed by atoms with Crippen LogP contribution in [0.3, 0.4) is 0 Å². The first-order chi connectivity index (χ1) is 12.7. The monoisotopic (exact) mass is 347 g/mol. The van der Waals surface area contributed by atoms with E-state index in [1.807, 2.05) is 48.1 Å². The van der Waals surface area contributed by atoms with Gasteiger partial charge in [-0.05, 0) is 36.4 Å². The average molecular weight is 347 g/mol. The minimum Gasteiger partial charge on any atom is -0.486 e. The van der Waals surface area contributed by atoms with E-state index in [1.54, 1.807) is 35.2 Å². The quantitative estimate of drug-likeness (QED) is 0.602. The summed E-state index contributed by atoms with van der Waals surface area (Å²) in [5, 5.41) is 7.06. The van der Waals surface area contributed by atoms with Gasteiger partial charge in [-0.3, -0.25) is 4.79 Å². The van der Waals surface area contributed by atoms with Crippen molar-refractivity contribution in [2.24, 2.45) is 7.05 Å². The number of amides is 1. The lowest BCUT2D eigenvalue weighted by atomic mass is 10.2. The van der Waals surface area contributed by atoms with Gasteiger partial charge in [0.05, 0.1) is 17.3 Å². The number of benzene rings is 1. The summed E-state index contributed by atoms with van der Waals surface area (Å²) in [5.41, 5.74) is 1.98. The first-order valence-corrected chi connectivity index (χ1v) is 8.13. The molecule has 0 saturated heterocycles. The van der Waals surface area contributed by atoms with Crippen molar-refractivity contribution in [1.82, 2.24) is 19.2 Å². The van der Waals surface area contributed by atoms with Gasteiger partial charge in [-0.25, -0.2) is 9.50 Å². The van der Waals surface area contributed by atoms with Crippen molar-refractivity contribution < 1.29 is 9.53 Å². The van der Waals surface area contributed by atoms with E-state index in [-0.39, 0.29) is 5.91 Å². The van der Waals surface area contributed by atoms with Gasteiger partial charge in [0.1, 0.15) is 18.2 Å². The van der Waals surface area contributed by atoms with Gasteiger partial charge in [-0.15, -0.1) is 0 Å². The van der Waals surface area contributed by atoms with Gasteiger partial charge in [0.2, 0.25) is 0 Å². The zero-order valence-corrected chi connectivity index (χ0v) is 14.2. The first kappa shape index (κ1) is 15.9. The van der Waals surface area contributed by atoms with Crippen molar-refractivity contribution in [1.29, 1.82) is 0 Å². The van der Waals surface area contributed by atoms with E-state index in [1.165, 1.54) is 0 Å². The van der Waals surface area contributed by atoms with Crippen LogP contribution in [0.25, 0.3) is 5.52 Å². The van der Waals surface area contributed by atoms with E-state index in [0.717, 1.165) is 11.3 Å². The average Bonchev–Trinajstić information content (AvgIpc) is 3.27. The first-order valence-electron chi connectivity index (χ1n) is 8.13. The Morgan fingerprint density at radius 2 is 2.00 bits per heavy atom. The Kier molecular flexibility index (Phi) is 4.10. The Morgan fingerprint density at radius 1 is 1.15 bits per heavy atom. The maximum Gasteiger partial charge on any atom is 0.259 e. The normalized spacial score (nSPS) is 10.8. The van der Waals surface area contributed by atoms with E-state index in [0.29, 0.717) is 23.6 Å².